The minimum Gasteiger partial charge on any atom is -0.550 e. The molecule has 29 heavy (non-hydrogen) atoms. The first-order valence-corrected chi connectivity index (χ1v) is 9.37. The number of hydrogen-bond acceptors (Lipinski definition) is 5. The third-order valence-electron chi connectivity index (χ3n) is 4.75. The third-order valence-corrected chi connectivity index (χ3v) is 4.75. The van der Waals surface area contributed by atoms with Gasteiger partial charge in [-0.25, -0.2) is 0 Å². The van der Waals surface area contributed by atoms with Crippen molar-refractivity contribution in [1.29, 1.82) is 0 Å². The second-order valence-corrected chi connectivity index (χ2v) is 6.79. The highest BCUT2D eigenvalue weighted by molar-refractivity contribution is 6.26. The molecule has 2 amide bonds. The fraction of sp³-hybridized carbons (Fsp3) is 0.300. The highest BCUT2D eigenvalue weighted by atomic mass is 16.4. The lowest BCUT2D eigenvalue weighted by molar-refractivity contribution is -0.459. The Morgan fingerprint density at radius 2 is 1.79 bits per heavy atom. The zero-order chi connectivity index (χ0) is 21.0. The number of hydrogen-bond donors (Lipinski definition) is 4. The molecule has 152 valence electrons. The third kappa shape index (κ3) is 4.29. The van der Waals surface area contributed by atoms with E-state index in [0.717, 1.165) is 11.1 Å². The van der Waals surface area contributed by atoms with Gasteiger partial charge in [-0.15, -0.1) is 0 Å². The van der Waals surface area contributed by atoms with Crippen molar-refractivity contribution >= 4 is 40.2 Å². The van der Waals surface area contributed by atoms with Crippen LogP contribution >= 0.6 is 0 Å². The average Bonchev–Trinajstić information content (AvgIpc) is 2.68. The van der Waals surface area contributed by atoms with Gasteiger partial charge in [-0.2, -0.15) is 0 Å². The van der Waals surface area contributed by atoms with Crippen molar-refractivity contribution < 1.29 is 24.5 Å². The van der Waals surface area contributed by atoms with Gasteiger partial charge in [0.25, 0.3) is 11.8 Å². The Bertz CT molecular complexity index is 976. The van der Waals surface area contributed by atoms with E-state index < -0.39 is 5.97 Å². The van der Waals surface area contributed by atoms with Crippen LogP contribution in [0.3, 0.4) is 0 Å². The molecule has 0 spiro atoms. The monoisotopic (exact) mass is 397 g/mol. The van der Waals surface area contributed by atoms with Crippen molar-refractivity contribution in [2.24, 2.45) is 11.5 Å². The molecule has 0 atom stereocenters. The molecule has 0 radical (unpaired) electrons. The van der Waals surface area contributed by atoms with E-state index in [9.17, 15) is 19.5 Å². The molecule has 0 bridgehead atoms. The van der Waals surface area contributed by atoms with Gasteiger partial charge in [0, 0.05) is 46.6 Å². The molecule has 1 heterocycles. The predicted molar refractivity (Wildman–Crippen MR) is 106 cm³/mol. The van der Waals surface area contributed by atoms with Crippen molar-refractivity contribution in [2.75, 3.05) is 25.0 Å². The quantitative estimate of drug-likeness (QED) is 0.167. The second kappa shape index (κ2) is 8.59. The van der Waals surface area contributed by atoms with Gasteiger partial charge in [-0.1, -0.05) is 12.1 Å². The Hall–Kier alpha value is -3.62. The van der Waals surface area contributed by atoms with E-state index in [0.29, 0.717) is 42.4 Å². The summed E-state index contributed by atoms with van der Waals surface area (Å²) in [6.45, 7) is 1.14. The maximum atomic E-state index is 12.9. The number of carbonyl (C=O) groups is 3. The van der Waals surface area contributed by atoms with Gasteiger partial charge >= 0.3 is 5.96 Å². The van der Waals surface area contributed by atoms with Gasteiger partial charge in [0.2, 0.25) is 0 Å². The van der Waals surface area contributed by atoms with Crippen molar-refractivity contribution in [1.82, 2.24) is 4.90 Å². The summed E-state index contributed by atoms with van der Waals surface area (Å²) in [6.07, 6.45) is 0.886. The van der Waals surface area contributed by atoms with Gasteiger partial charge in [0.1, 0.15) is 0 Å². The van der Waals surface area contributed by atoms with Crippen LogP contribution in [0.15, 0.2) is 30.3 Å². The number of benzene rings is 2. The average molecular weight is 397 g/mol. The summed E-state index contributed by atoms with van der Waals surface area (Å²) >= 11 is 0. The van der Waals surface area contributed by atoms with Gasteiger partial charge in [-0.3, -0.25) is 30.9 Å². The van der Waals surface area contributed by atoms with Crippen LogP contribution in [0.4, 0.5) is 5.69 Å². The van der Waals surface area contributed by atoms with Crippen LogP contribution in [0.25, 0.3) is 10.8 Å². The summed E-state index contributed by atoms with van der Waals surface area (Å²) in [4.78, 5) is 40.4. The Balaban J connectivity index is 1.85. The molecular weight excluding hydrogens is 374 g/mol. The lowest BCUT2D eigenvalue weighted by atomic mass is 9.93. The van der Waals surface area contributed by atoms with Crippen LogP contribution in [0.1, 0.15) is 40.0 Å². The van der Waals surface area contributed by atoms with Crippen molar-refractivity contribution in [3.05, 3.63) is 41.5 Å². The van der Waals surface area contributed by atoms with Crippen molar-refractivity contribution in [2.45, 2.75) is 19.3 Å². The Labute approximate surface area is 167 Å². The minimum atomic E-state index is -1.10. The van der Waals surface area contributed by atoms with E-state index in [-0.39, 0.29) is 30.7 Å². The minimum absolute atomic E-state index is 0.0391. The summed E-state index contributed by atoms with van der Waals surface area (Å²) in [5, 5.41) is 15.1. The number of aliphatic carboxylic acids is 1. The number of nitrogens with zero attached hydrogens (tertiary/aromatic N) is 1. The van der Waals surface area contributed by atoms with E-state index in [1.54, 1.807) is 24.3 Å². The van der Waals surface area contributed by atoms with Crippen molar-refractivity contribution in [3.63, 3.8) is 0 Å². The Kier molecular flexibility index (Phi) is 5.96. The fourth-order valence-electron chi connectivity index (χ4n) is 3.43. The number of rotatable bonds is 9. The summed E-state index contributed by atoms with van der Waals surface area (Å²) in [5.41, 5.74) is 12.4. The maximum Gasteiger partial charge on any atom is 0.338 e. The molecule has 6 N–H and O–H groups in total. The Morgan fingerprint density at radius 3 is 2.48 bits per heavy atom. The molecule has 9 heteroatoms. The summed E-state index contributed by atoms with van der Waals surface area (Å²) in [5.74, 6) is -1.68. The predicted octanol–water partition coefficient (Wildman–Crippen LogP) is -1.88. The highest BCUT2D eigenvalue weighted by Crippen LogP contribution is 2.34. The van der Waals surface area contributed by atoms with Crippen LogP contribution in [0, 0.1) is 0 Å². The lowest BCUT2D eigenvalue weighted by Crippen LogP contribution is -2.78. The first kappa shape index (κ1) is 20.1. The molecule has 1 aliphatic rings. The number of carboxylic acids is 1. The van der Waals surface area contributed by atoms with Crippen LogP contribution in [-0.4, -0.2) is 48.3 Å². The normalized spacial score (nSPS) is 12.9. The largest absolute Gasteiger partial charge is 0.550 e. The molecule has 2 aromatic carbocycles. The number of nitrogens with one attached hydrogen (secondary N) is 2. The standard InChI is InChI=1S/C20H23N5O4/c21-20(22)24-10-3-11-25-18(28)13-5-1-4-12-15(23-9-2-6-16(26)27)8-7-14(17(12)13)19(25)29/h1,4-5,7-8,23H,2-3,6,9-11H2,(H,26,27)(H4,21,22,24). The molecule has 0 saturated heterocycles. The number of carboxylic acid groups (broad SMARTS) is 1. The Morgan fingerprint density at radius 1 is 1.07 bits per heavy atom. The SMILES string of the molecule is NC(N)=[NH+]CCCN1C(=O)c2cccc3c(NCCCC(=O)[O-])ccc(c23)C1=O. The molecule has 3 rings (SSSR count). The van der Waals surface area contributed by atoms with Gasteiger partial charge in [-0.05, 0) is 37.5 Å². The zero-order valence-electron chi connectivity index (χ0n) is 15.9. The molecule has 0 saturated carbocycles. The van der Waals surface area contributed by atoms with E-state index in [4.69, 9.17) is 11.5 Å². The van der Waals surface area contributed by atoms with E-state index in [1.165, 1.54) is 4.90 Å². The molecule has 1 aliphatic heterocycles. The van der Waals surface area contributed by atoms with Crippen LogP contribution in [-0.2, 0) is 4.79 Å². The lowest BCUT2D eigenvalue weighted by Gasteiger charge is -2.27. The highest BCUT2D eigenvalue weighted by Gasteiger charge is 2.32. The second-order valence-electron chi connectivity index (χ2n) is 6.79. The first-order chi connectivity index (χ1) is 13.9. The number of imide groups is 1. The van der Waals surface area contributed by atoms with Crippen molar-refractivity contribution in [3.8, 4) is 0 Å². The topological polar surface area (TPSA) is 156 Å². The van der Waals surface area contributed by atoms with Gasteiger partial charge < -0.3 is 15.2 Å². The fourth-order valence-corrected chi connectivity index (χ4v) is 3.43. The molecule has 9 nitrogen and oxygen atoms in total. The zero-order valence-corrected chi connectivity index (χ0v) is 15.9. The molecule has 0 aliphatic carbocycles. The number of anilines is 1. The van der Waals surface area contributed by atoms with Crippen LogP contribution < -0.4 is 26.9 Å². The molecule has 2 aromatic rings. The van der Waals surface area contributed by atoms with Gasteiger partial charge in [0.05, 0.1) is 6.54 Å². The summed E-state index contributed by atoms with van der Waals surface area (Å²) < 4.78 is 0. The maximum absolute atomic E-state index is 12.9. The smallest absolute Gasteiger partial charge is 0.338 e. The molecular formula is C20H23N5O4. The molecule has 0 aromatic heterocycles. The first-order valence-electron chi connectivity index (χ1n) is 9.37. The van der Waals surface area contributed by atoms with Gasteiger partial charge in [0.15, 0.2) is 0 Å². The summed E-state index contributed by atoms with van der Waals surface area (Å²) in [7, 11) is 0. The van der Waals surface area contributed by atoms with Crippen LogP contribution in [0.2, 0.25) is 0 Å². The molecule has 0 unspecified atom stereocenters. The van der Waals surface area contributed by atoms with Crippen LogP contribution in [0.5, 0.6) is 0 Å². The number of carbonyl (C=O) groups excluding carboxylic acids is 3. The van der Waals surface area contributed by atoms with E-state index in [2.05, 4.69) is 10.3 Å². The van der Waals surface area contributed by atoms with E-state index in [1.807, 2.05) is 6.07 Å². The van der Waals surface area contributed by atoms with E-state index >= 15 is 0 Å². The number of nitrogens with two attached hydrogens (primary N) is 2. The number of guanidine groups is 1. The molecule has 0 fully saturated rings. The summed E-state index contributed by atoms with van der Waals surface area (Å²) in [6, 6.07) is 8.78. The number of amides is 2.